The fraction of sp³-hybridized carbons (Fsp3) is 0.833. The summed E-state index contributed by atoms with van der Waals surface area (Å²) in [4.78, 5) is 22.6. The number of nitrogens with one attached hydrogen (secondary N) is 1. The summed E-state index contributed by atoms with van der Waals surface area (Å²) < 4.78 is 0. The molecule has 2 unspecified atom stereocenters. The SMILES string of the molecule is CCC(C)C(C)C(=O)NCC1(C(=O)O)CC1. The van der Waals surface area contributed by atoms with Crippen molar-refractivity contribution in [1.29, 1.82) is 0 Å². The molecule has 0 aromatic heterocycles. The molecule has 4 nitrogen and oxygen atoms in total. The van der Waals surface area contributed by atoms with Gasteiger partial charge in [-0.15, -0.1) is 0 Å². The number of carbonyl (C=O) groups excluding carboxylic acids is 1. The maximum Gasteiger partial charge on any atom is 0.311 e. The molecule has 1 rings (SSSR count). The van der Waals surface area contributed by atoms with Crippen LogP contribution in [0.15, 0.2) is 0 Å². The highest BCUT2D eigenvalue weighted by Crippen LogP contribution is 2.45. The summed E-state index contributed by atoms with van der Waals surface area (Å²) in [6.45, 7) is 6.26. The van der Waals surface area contributed by atoms with Gasteiger partial charge in [-0.3, -0.25) is 9.59 Å². The van der Waals surface area contributed by atoms with Crippen LogP contribution in [-0.2, 0) is 9.59 Å². The largest absolute Gasteiger partial charge is 0.481 e. The van der Waals surface area contributed by atoms with Crippen LogP contribution < -0.4 is 5.32 Å². The second-order valence-corrected chi connectivity index (χ2v) is 4.98. The average Bonchev–Trinajstić information content (AvgIpc) is 3.04. The number of carboxylic acids is 1. The highest BCUT2D eigenvalue weighted by atomic mass is 16.4. The van der Waals surface area contributed by atoms with Crippen LogP contribution in [0.3, 0.4) is 0 Å². The normalized spacial score (nSPS) is 20.9. The Morgan fingerprint density at radius 1 is 1.38 bits per heavy atom. The Hall–Kier alpha value is -1.06. The van der Waals surface area contributed by atoms with E-state index in [1.807, 2.05) is 20.8 Å². The van der Waals surface area contributed by atoms with Crippen molar-refractivity contribution in [2.45, 2.75) is 40.0 Å². The maximum absolute atomic E-state index is 11.7. The quantitative estimate of drug-likeness (QED) is 0.725. The van der Waals surface area contributed by atoms with Gasteiger partial charge in [0.05, 0.1) is 5.41 Å². The van der Waals surface area contributed by atoms with E-state index in [0.29, 0.717) is 18.8 Å². The highest BCUT2D eigenvalue weighted by Gasteiger charge is 2.50. The minimum absolute atomic E-state index is 0.0260. The third-order valence-electron chi connectivity index (χ3n) is 3.82. The zero-order valence-electron chi connectivity index (χ0n) is 10.2. The smallest absolute Gasteiger partial charge is 0.311 e. The van der Waals surface area contributed by atoms with Gasteiger partial charge in [0.25, 0.3) is 0 Å². The predicted molar refractivity (Wildman–Crippen MR) is 60.9 cm³/mol. The zero-order chi connectivity index (χ0) is 12.3. The molecule has 0 bridgehead atoms. The first-order valence-electron chi connectivity index (χ1n) is 5.94. The summed E-state index contributed by atoms with van der Waals surface area (Å²) in [5.41, 5.74) is -0.662. The molecule has 4 heteroatoms. The number of hydrogen-bond donors (Lipinski definition) is 2. The number of hydrogen-bond acceptors (Lipinski definition) is 2. The maximum atomic E-state index is 11.7. The minimum atomic E-state index is -0.788. The van der Waals surface area contributed by atoms with Crippen molar-refractivity contribution in [3.63, 3.8) is 0 Å². The molecule has 92 valence electrons. The Bertz CT molecular complexity index is 284. The second kappa shape index (κ2) is 4.85. The Morgan fingerprint density at radius 2 is 1.94 bits per heavy atom. The van der Waals surface area contributed by atoms with E-state index in [2.05, 4.69) is 5.32 Å². The second-order valence-electron chi connectivity index (χ2n) is 4.98. The molecular weight excluding hydrogens is 206 g/mol. The van der Waals surface area contributed by atoms with E-state index in [0.717, 1.165) is 6.42 Å². The third-order valence-corrected chi connectivity index (χ3v) is 3.82. The van der Waals surface area contributed by atoms with Crippen molar-refractivity contribution in [3.05, 3.63) is 0 Å². The Labute approximate surface area is 96.4 Å². The van der Waals surface area contributed by atoms with Gasteiger partial charge in [-0.25, -0.2) is 0 Å². The van der Waals surface area contributed by atoms with Crippen LogP contribution in [0.25, 0.3) is 0 Å². The number of carboxylic acid groups (broad SMARTS) is 1. The molecule has 1 amide bonds. The summed E-state index contributed by atoms with van der Waals surface area (Å²) >= 11 is 0. The summed E-state index contributed by atoms with van der Waals surface area (Å²) in [6.07, 6.45) is 2.32. The van der Waals surface area contributed by atoms with E-state index >= 15 is 0 Å². The van der Waals surface area contributed by atoms with Gasteiger partial charge in [0, 0.05) is 12.5 Å². The molecule has 1 aliphatic rings. The van der Waals surface area contributed by atoms with Crippen molar-refractivity contribution in [2.24, 2.45) is 17.3 Å². The molecule has 0 aliphatic heterocycles. The van der Waals surface area contributed by atoms with Gasteiger partial charge in [-0.05, 0) is 18.8 Å². The number of amides is 1. The van der Waals surface area contributed by atoms with Gasteiger partial charge in [0.15, 0.2) is 0 Å². The average molecular weight is 227 g/mol. The Morgan fingerprint density at radius 3 is 2.31 bits per heavy atom. The Kier molecular flexibility index (Phi) is 3.94. The van der Waals surface area contributed by atoms with Crippen LogP contribution in [0.4, 0.5) is 0 Å². The number of aliphatic carboxylic acids is 1. The fourth-order valence-corrected chi connectivity index (χ4v) is 1.65. The van der Waals surface area contributed by atoms with Crippen LogP contribution >= 0.6 is 0 Å². The molecule has 0 aromatic rings. The van der Waals surface area contributed by atoms with Crippen molar-refractivity contribution in [2.75, 3.05) is 6.54 Å². The standard InChI is InChI=1S/C12H21NO3/c1-4-8(2)9(3)10(14)13-7-12(5-6-12)11(15)16/h8-9H,4-7H2,1-3H3,(H,13,14)(H,15,16). The van der Waals surface area contributed by atoms with Crippen LogP contribution in [0.2, 0.25) is 0 Å². The van der Waals surface area contributed by atoms with E-state index in [1.54, 1.807) is 0 Å². The molecule has 2 N–H and O–H groups in total. The summed E-state index contributed by atoms with van der Waals surface area (Å²) in [6, 6.07) is 0. The molecule has 0 spiro atoms. The minimum Gasteiger partial charge on any atom is -0.481 e. The highest BCUT2D eigenvalue weighted by molar-refractivity contribution is 5.82. The van der Waals surface area contributed by atoms with E-state index in [-0.39, 0.29) is 18.4 Å². The van der Waals surface area contributed by atoms with Crippen molar-refractivity contribution in [3.8, 4) is 0 Å². The summed E-state index contributed by atoms with van der Waals surface area (Å²) in [7, 11) is 0. The van der Waals surface area contributed by atoms with Gasteiger partial charge < -0.3 is 10.4 Å². The Balaban J connectivity index is 2.38. The first-order chi connectivity index (χ1) is 7.43. The molecule has 0 radical (unpaired) electrons. The lowest BCUT2D eigenvalue weighted by atomic mass is 9.92. The van der Waals surface area contributed by atoms with Crippen molar-refractivity contribution < 1.29 is 14.7 Å². The van der Waals surface area contributed by atoms with Crippen LogP contribution in [-0.4, -0.2) is 23.5 Å². The lowest BCUT2D eigenvalue weighted by molar-refractivity contribution is -0.143. The lowest BCUT2D eigenvalue weighted by Gasteiger charge is -2.19. The molecular formula is C12H21NO3. The summed E-state index contributed by atoms with van der Waals surface area (Å²) in [5.74, 6) is -0.527. The van der Waals surface area contributed by atoms with E-state index < -0.39 is 11.4 Å². The molecule has 0 heterocycles. The van der Waals surface area contributed by atoms with Gasteiger partial charge in [0.1, 0.15) is 0 Å². The molecule has 1 saturated carbocycles. The molecule has 2 atom stereocenters. The zero-order valence-corrected chi connectivity index (χ0v) is 10.2. The van der Waals surface area contributed by atoms with E-state index in [4.69, 9.17) is 5.11 Å². The number of carbonyl (C=O) groups is 2. The lowest BCUT2D eigenvalue weighted by Crippen LogP contribution is -2.38. The predicted octanol–water partition coefficient (Wildman–Crippen LogP) is 1.65. The molecule has 1 fully saturated rings. The first kappa shape index (κ1) is 13.0. The first-order valence-corrected chi connectivity index (χ1v) is 5.94. The van der Waals surface area contributed by atoms with Crippen molar-refractivity contribution >= 4 is 11.9 Å². The summed E-state index contributed by atoms with van der Waals surface area (Å²) in [5, 5.41) is 11.7. The fourth-order valence-electron chi connectivity index (χ4n) is 1.65. The van der Waals surface area contributed by atoms with E-state index in [1.165, 1.54) is 0 Å². The third kappa shape index (κ3) is 2.74. The number of rotatable bonds is 6. The molecule has 0 saturated heterocycles. The monoisotopic (exact) mass is 227 g/mol. The van der Waals surface area contributed by atoms with Crippen LogP contribution in [0, 0.1) is 17.3 Å². The van der Waals surface area contributed by atoms with Crippen LogP contribution in [0.1, 0.15) is 40.0 Å². The molecule has 0 aromatic carbocycles. The molecule has 1 aliphatic carbocycles. The van der Waals surface area contributed by atoms with Gasteiger partial charge in [-0.1, -0.05) is 27.2 Å². The van der Waals surface area contributed by atoms with Crippen LogP contribution in [0.5, 0.6) is 0 Å². The van der Waals surface area contributed by atoms with E-state index in [9.17, 15) is 9.59 Å². The van der Waals surface area contributed by atoms with Gasteiger partial charge in [-0.2, -0.15) is 0 Å². The molecule has 16 heavy (non-hydrogen) atoms. The van der Waals surface area contributed by atoms with Gasteiger partial charge in [0.2, 0.25) is 5.91 Å². The topological polar surface area (TPSA) is 66.4 Å². The van der Waals surface area contributed by atoms with Crippen molar-refractivity contribution in [1.82, 2.24) is 5.32 Å². The van der Waals surface area contributed by atoms with Gasteiger partial charge >= 0.3 is 5.97 Å².